The summed E-state index contributed by atoms with van der Waals surface area (Å²) in [4.78, 5) is 7.25. The highest BCUT2D eigenvalue weighted by atomic mass is 16.5. The molecule has 1 aliphatic carbocycles. The topological polar surface area (TPSA) is 97.9 Å². The maximum Gasteiger partial charge on any atom is 0.169 e. The van der Waals surface area contributed by atoms with Crippen LogP contribution in [0.5, 0.6) is 0 Å². The Morgan fingerprint density at radius 2 is 2.24 bits per heavy atom. The van der Waals surface area contributed by atoms with Gasteiger partial charge in [-0.3, -0.25) is 5.10 Å². The Balaban J connectivity index is 1.73. The van der Waals surface area contributed by atoms with Gasteiger partial charge in [0, 0.05) is 12.6 Å². The summed E-state index contributed by atoms with van der Waals surface area (Å²) in [6.07, 6.45) is 4.10. The van der Waals surface area contributed by atoms with Gasteiger partial charge in [0.05, 0.1) is 30.8 Å². The predicted octanol–water partition coefficient (Wildman–Crippen LogP) is 1.83. The third kappa shape index (κ3) is 2.36. The van der Waals surface area contributed by atoms with Crippen LogP contribution < -0.4 is 10.6 Å². The zero-order valence-electron chi connectivity index (χ0n) is 14.1. The molecule has 4 heterocycles. The van der Waals surface area contributed by atoms with E-state index in [2.05, 4.69) is 33.2 Å². The molecule has 2 fully saturated rings. The number of fused-ring (bicyclic) bond motifs is 1. The van der Waals surface area contributed by atoms with Crippen LogP contribution in [-0.2, 0) is 4.74 Å². The van der Waals surface area contributed by atoms with Crippen molar-refractivity contribution in [2.45, 2.75) is 31.7 Å². The summed E-state index contributed by atoms with van der Waals surface area (Å²) >= 11 is 0. The number of nitrogens with two attached hydrogens (primary N) is 1. The van der Waals surface area contributed by atoms with E-state index in [1.165, 1.54) is 18.4 Å². The minimum Gasteiger partial charge on any atom is -0.382 e. The van der Waals surface area contributed by atoms with Gasteiger partial charge in [-0.15, -0.1) is 5.10 Å². The number of rotatable bonds is 3. The van der Waals surface area contributed by atoms with Crippen LogP contribution in [0.3, 0.4) is 0 Å². The predicted molar refractivity (Wildman–Crippen MR) is 95.0 cm³/mol. The van der Waals surface area contributed by atoms with E-state index in [0.717, 1.165) is 42.4 Å². The summed E-state index contributed by atoms with van der Waals surface area (Å²) < 4.78 is 7.34. The fourth-order valence-corrected chi connectivity index (χ4v) is 3.62. The molecule has 3 N–H and O–H groups in total. The number of nitrogens with zero attached hydrogens (tertiary/aromatic N) is 5. The molecular weight excluding hydrogens is 318 g/mol. The molecule has 0 radical (unpaired) electrons. The van der Waals surface area contributed by atoms with Crippen LogP contribution in [0.4, 0.5) is 11.6 Å². The van der Waals surface area contributed by atoms with Crippen LogP contribution in [0.2, 0.25) is 0 Å². The molecule has 1 saturated carbocycles. The third-order valence-electron chi connectivity index (χ3n) is 5.08. The van der Waals surface area contributed by atoms with Crippen molar-refractivity contribution in [2.75, 3.05) is 30.4 Å². The largest absolute Gasteiger partial charge is 0.382 e. The van der Waals surface area contributed by atoms with Crippen LogP contribution in [0.15, 0.2) is 18.3 Å². The number of aromatic amines is 1. The Morgan fingerprint density at radius 1 is 1.36 bits per heavy atom. The van der Waals surface area contributed by atoms with Gasteiger partial charge in [0.1, 0.15) is 5.82 Å². The van der Waals surface area contributed by atoms with E-state index in [1.807, 2.05) is 6.07 Å². The zero-order chi connectivity index (χ0) is 17.0. The Hall–Kier alpha value is -2.61. The van der Waals surface area contributed by atoms with Gasteiger partial charge in [-0.05, 0) is 37.3 Å². The number of morpholine rings is 1. The number of hydrogen-bond donors (Lipinski definition) is 2. The lowest BCUT2D eigenvalue weighted by Crippen LogP contribution is -2.44. The lowest BCUT2D eigenvalue weighted by molar-refractivity contribution is 0.0985. The lowest BCUT2D eigenvalue weighted by atomic mass is 10.1. The van der Waals surface area contributed by atoms with E-state index >= 15 is 0 Å². The number of hydrogen-bond acceptors (Lipinski definition) is 6. The van der Waals surface area contributed by atoms with Crippen molar-refractivity contribution in [2.24, 2.45) is 0 Å². The van der Waals surface area contributed by atoms with Gasteiger partial charge in [-0.2, -0.15) is 9.78 Å². The summed E-state index contributed by atoms with van der Waals surface area (Å²) in [6, 6.07) is 4.37. The second kappa shape index (κ2) is 5.45. The monoisotopic (exact) mass is 339 g/mol. The Morgan fingerprint density at radius 3 is 2.96 bits per heavy atom. The van der Waals surface area contributed by atoms with E-state index in [9.17, 15) is 0 Å². The number of anilines is 2. The second-order valence-electron chi connectivity index (χ2n) is 6.90. The van der Waals surface area contributed by atoms with Crippen molar-refractivity contribution in [3.8, 4) is 5.82 Å². The maximum atomic E-state index is 6.27. The molecule has 0 bridgehead atoms. The molecule has 130 valence electrons. The first-order chi connectivity index (χ1) is 12.2. The van der Waals surface area contributed by atoms with Gasteiger partial charge in [-0.1, -0.05) is 0 Å². The van der Waals surface area contributed by atoms with Crippen LogP contribution in [-0.4, -0.2) is 50.8 Å². The molecule has 0 aromatic carbocycles. The number of ether oxygens (including phenoxy) is 1. The first-order valence-electron chi connectivity index (χ1n) is 8.75. The molecule has 3 aromatic rings. The molecule has 1 aliphatic heterocycles. The smallest absolute Gasteiger partial charge is 0.169 e. The molecule has 8 nitrogen and oxygen atoms in total. The summed E-state index contributed by atoms with van der Waals surface area (Å²) in [5, 5.41) is 12.5. The normalized spacial score (nSPS) is 21.2. The summed E-state index contributed by atoms with van der Waals surface area (Å²) in [5.74, 6) is 2.83. The standard InChI is InChI=1S/C17H21N7O/c1-10-9-25-7-6-23(10)14-8-12(11-2-3-11)15-16(18)22-24(17(15)20-14)13-4-5-19-21-13/h4-5,8,10-11H,2-3,6-7,9H2,1H3,(H2,18,22)(H,19,21). The van der Waals surface area contributed by atoms with E-state index < -0.39 is 0 Å². The van der Waals surface area contributed by atoms with Gasteiger partial charge in [0.15, 0.2) is 17.3 Å². The minimum atomic E-state index is 0.298. The van der Waals surface area contributed by atoms with Crippen molar-refractivity contribution >= 4 is 22.7 Å². The van der Waals surface area contributed by atoms with Crippen LogP contribution in [0.25, 0.3) is 16.9 Å². The Labute approximate surface area is 145 Å². The molecule has 0 amide bonds. The van der Waals surface area contributed by atoms with Crippen molar-refractivity contribution in [1.29, 1.82) is 0 Å². The second-order valence-corrected chi connectivity index (χ2v) is 6.90. The van der Waals surface area contributed by atoms with Crippen LogP contribution >= 0.6 is 0 Å². The van der Waals surface area contributed by atoms with Crippen LogP contribution in [0, 0.1) is 0 Å². The number of H-pyrrole nitrogens is 1. The highest BCUT2D eigenvalue weighted by Gasteiger charge is 2.31. The van der Waals surface area contributed by atoms with Gasteiger partial charge >= 0.3 is 0 Å². The number of aromatic nitrogens is 5. The molecule has 5 rings (SSSR count). The lowest BCUT2D eigenvalue weighted by Gasteiger charge is -2.34. The van der Waals surface area contributed by atoms with Gasteiger partial charge in [0.25, 0.3) is 0 Å². The van der Waals surface area contributed by atoms with Crippen molar-refractivity contribution in [3.63, 3.8) is 0 Å². The van der Waals surface area contributed by atoms with Crippen LogP contribution in [0.1, 0.15) is 31.2 Å². The summed E-state index contributed by atoms with van der Waals surface area (Å²) in [7, 11) is 0. The molecule has 25 heavy (non-hydrogen) atoms. The molecule has 1 unspecified atom stereocenters. The quantitative estimate of drug-likeness (QED) is 0.755. The van der Waals surface area contributed by atoms with E-state index in [4.69, 9.17) is 15.5 Å². The molecule has 0 spiro atoms. The number of nitrogen functional groups attached to an aromatic ring is 1. The minimum absolute atomic E-state index is 0.298. The number of pyridine rings is 1. The maximum absolute atomic E-state index is 6.27. The number of nitrogens with one attached hydrogen (secondary N) is 1. The fourth-order valence-electron chi connectivity index (χ4n) is 3.62. The molecule has 1 atom stereocenters. The first kappa shape index (κ1) is 14.7. The van der Waals surface area contributed by atoms with Gasteiger partial charge in [-0.25, -0.2) is 4.98 Å². The highest BCUT2D eigenvalue weighted by Crippen LogP contribution is 2.45. The molecule has 8 heteroatoms. The van der Waals surface area contributed by atoms with Gasteiger partial charge in [0.2, 0.25) is 0 Å². The Kier molecular flexibility index (Phi) is 3.21. The fraction of sp³-hybridized carbons (Fsp3) is 0.471. The zero-order valence-corrected chi connectivity index (χ0v) is 14.1. The molecule has 3 aromatic heterocycles. The van der Waals surface area contributed by atoms with E-state index in [-0.39, 0.29) is 0 Å². The van der Waals surface area contributed by atoms with E-state index in [0.29, 0.717) is 17.8 Å². The van der Waals surface area contributed by atoms with E-state index in [1.54, 1.807) is 10.9 Å². The first-order valence-corrected chi connectivity index (χ1v) is 8.75. The third-order valence-corrected chi connectivity index (χ3v) is 5.08. The average Bonchev–Trinajstić information content (AvgIpc) is 3.22. The molecular formula is C17H21N7O. The van der Waals surface area contributed by atoms with Crippen molar-refractivity contribution in [3.05, 3.63) is 23.9 Å². The van der Waals surface area contributed by atoms with Crippen molar-refractivity contribution < 1.29 is 4.74 Å². The molecule has 1 saturated heterocycles. The SMILES string of the molecule is CC1COCCN1c1cc(C2CC2)c2c(N)nn(-c3ccn[nH]3)c2n1. The summed E-state index contributed by atoms with van der Waals surface area (Å²) in [5.41, 5.74) is 8.32. The van der Waals surface area contributed by atoms with Gasteiger partial charge < -0.3 is 15.4 Å². The Bertz CT molecular complexity index is 913. The molecule has 2 aliphatic rings. The average molecular weight is 339 g/mol. The van der Waals surface area contributed by atoms with Crippen molar-refractivity contribution in [1.82, 2.24) is 25.0 Å². The highest BCUT2D eigenvalue weighted by molar-refractivity contribution is 5.92. The summed E-state index contributed by atoms with van der Waals surface area (Å²) in [6.45, 7) is 4.46.